The molecule has 0 aliphatic rings. The summed E-state index contributed by atoms with van der Waals surface area (Å²) in [5.41, 5.74) is 4.66. The summed E-state index contributed by atoms with van der Waals surface area (Å²) in [5.74, 6) is -0.628. The third-order valence-electron chi connectivity index (χ3n) is 3.16. The van der Waals surface area contributed by atoms with Crippen LogP contribution in [0.4, 0.5) is 0 Å². The molecule has 2 aromatic carbocycles. The number of nitrogens with zero attached hydrogens (tertiary/aromatic N) is 1. The topological polar surface area (TPSA) is 61.7 Å². The van der Waals surface area contributed by atoms with Gasteiger partial charge in [0.2, 0.25) is 0 Å². The zero-order valence-electron chi connectivity index (χ0n) is 12.7. The van der Waals surface area contributed by atoms with E-state index in [1.165, 1.54) is 11.6 Å². The summed E-state index contributed by atoms with van der Waals surface area (Å²) in [6.45, 7) is 3.77. The maximum atomic E-state index is 12.2. The van der Waals surface area contributed by atoms with Crippen molar-refractivity contribution >= 4 is 89.2 Å². The predicted octanol–water partition coefficient (Wildman–Crippen LogP) is 5.62. The first-order chi connectivity index (χ1) is 11.8. The highest BCUT2D eigenvalue weighted by atomic mass is 127. The highest BCUT2D eigenvalue weighted by Crippen LogP contribution is 2.31. The van der Waals surface area contributed by atoms with Crippen molar-refractivity contribution in [3.05, 3.63) is 69.7 Å². The Labute approximate surface area is 189 Å². The van der Waals surface area contributed by atoms with Crippen LogP contribution in [0.15, 0.2) is 51.0 Å². The molecule has 0 unspecified atom stereocenters. The van der Waals surface area contributed by atoms with Crippen LogP contribution in [0.25, 0.3) is 0 Å². The molecule has 0 saturated heterocycles. The van der Waals surface area contributed by atoms with Gasteiger partial charge in [-0.3, -0.25) is 4.79 Å². The fourth-order valence-electron chi connectivity index (χ4n) is 2.00. The fraction of sp³-hybridized carbons (Fsp3) is 0.0588. The van der Waals surface area contributed by atoms with E-state index in [-0.39, 0.29) is 11.3 Å². The molecule has 1 amide bonds. The Morgan fingerprint density at radius 3 is 2.48 bits per heavy atom. The van der Waals surface area contributed by atoms with E-state index in [1.54, 1.807) is 12.3 Å². The third kappa shape index (κ3) is 5.51. The zero-order valence-corrected chi connectivity index (χ0v) is 20.2. The Balaban J connectivity index is 2.16. The second kappa shape index (κ2) is 9.47. The van der Waals surface area contributed by atoms with Crippen LogP contribution in [-0.2, 0) is 6.42 Å². The Morgan fingerprint density at radius 1 is 1.24 bits per heavy atom. The molecule has 0 atom stereocenters. The summed E-state index contributed by atoms with van der Waals surface area (Å²) in [7, 11) is 0. The number of allylic oxidation sites excluding steroid dienone is 1. The van der Waals surface area contributed by atoms with E-state index in [0.29, 0.717) is 8.95 Å². The molecular formula is C17H12Br2I2N2O2. The third-order valence-corrected chi connectivity index (χ3v) is 6.15. The molecule has 0 spiro atoms. The normalized spacial score (nSPS) is 10.9. The van der Waals surface area contributed by atoms with E-state index in [9.17, 15) is 9.90 Å². The molecule has 0 fully saturated rings. The number of halogens is 4. The molecule has 0 heterocycles. The van der Waals surface area contributed by atoms with E-state index in [1.807, 2.05) is 18.2 Å². The van der Waals surface area contributed by atoms with Crippen LogP contribution < -0.4 is 5.43 Å². The van der Waals surface area contributed by atoms with Gasteiger partial charge in [0.25, 0.3) is 5.91 Å². The summed E-state index contributed by atoms with van der Waals surface area (Å²) >= 11 is 11.0. The largest absolute Gasteiger partial charge is 0.506 e. The first-order valence-electron chi connectivity index (χ1n) is 6.93. The highest BCUT2D eigenvalue weighted by molar-refractivity contribution is 14.1. The molecule has 2 N–H and O–H groups in total. The monoisotopic (exact) mass is 688 g/mol. The van der Waals surface area contributed by atoms with Gasteiger partial charge in [-0.2, -0.15) is 5.10 Å². The van der Waals surface area contributed by atoms with Gasteiger partial charge in [-0.1, -0.05) is 22.0 Å². The predicted molar refractivity (Wildman–Crippen MR) is 124 cm³/mol. The van der Waals surface area contributed by atoms with Crippen LogP contribution in [0.5, 0.6) is 5.75 Å². The van der Waals surface area contributed by atoms with Crippen molar-refractivity contribution in [2.75, 3.05) is 0 Å². The van der Waals surface area contributed by atoms with Crippen LogP contribution in [0, 0.1) is 7.14 Å². The zero-order chi connectivity index (χ0) is 18.6. The van der Waals surface area contributed by atoms with Crippen LogP contribution in [0.2, 0.25) is 0 Å². The smallest absolute Gasteiger partial charge is 0.275 e. The molecule has 4 nitrogen and oxygen atoms in total. The van der Waals surface area contributed by atoms with Gasteiger partial charge in [-0.05, 0) is 103 Å². The molecule has 0 radical (unpaired) electrons. The summed E-state index contributed by atoms with van der Waals surface area (Å²) < 4.78 is 3.34. The second-order valence-electron chi connectivity index (χ2n) is 4.94. The van der Waals surface area contributed by atoms with E-state index >= 15 is 0 Å². The summed E-state index contributed by atoms with van der Waals surface area (Å²) in [4.78, 5) is 12.2. The van der Waals surface area contributed by atoms with Gasteiger partial charge in [-0.25, -0.2) is 5.43 Å². The number of benzene rings is 2. The molecule has 0 bridgehead atoms. The molecular weight excluding hydrogens is 678 g/mol. The number of rotatable bonds is 5. The van der Waals surface area contributed by atoms with E-state index in [0.717, 1.165) is 19.1 Å². The first kappa shape index (κ1) is 20.8. The maximum absolute atomic E-state index is 12.2. The molecule has 130 valence electrons. The Hall–Kier alpha value is -0.460. The number of hydrogen-bond acceptors (Lipinski definition) is 3. The van der Waals surface area contributed by atoms with Crippen LogP contribution in [-0.4, -0.2) is 17.2 Å². The van der Waals surface area contributed by atoms with E-state index in [4.69, 9.17) is 0 Å². The van der Waals surface area contributed by atoms with Gasteiger partial charge in [0, 0.05) is 11.6 Å². The minimum Gasteiger partial charge on any atom is -0.506 e. The number of carbonyl (C=O) groups excluding carboxylic acids is 1. The molecule has 0 aliphatic carbocycles. The molecule has 0 aromatic heterocycles. The van der Waals surface area contributed by atoms with Crippen LogP contribution in [0.3, 0.4) is 0 Å². The van der Waals surface area contributed by atoms with Gasteiger partial charge in [0.05, 0.1) is 16.3 Å². The maximum Gasteiger partial charge on any atom is 0.275 e. The van der Waals surface area contributed by atoms with E-state index < -0.39 is 5.91 Å². The molecule has 8 heteroatoms. The second-order valence-corrected chi connectivity index (χ2v) is 9.03. The van der Waals surface area contributed by atoms with Crippen molar-refractivity contribution in [1.82, 2.24) is 5.43 Å². The first-order valence-corrected chi connectivity index (χ1v) is 10.7. The lowest BCUT2D eigenvalue weighted by atomic mass is 10.1. The van der Waals surface area contributed by atoms with E-state index in [2.05, 4.69) is 94.1 Å². The SMILES string of the molecule is C=CCc1c(I)cc(/C=N\NC(=O)c2cc(Br)cc(Br)c2O)cc1I. The minimum absolute atomic E-state index is 0.129. The van der Waals surface area contributed by atoms with Gasteiger partial charge in [-0.15, -0.1) is 6.58 Å². The molecule has 0 aliphatic heterocycles. The Morgan fingerprint density at radius 2 is 1.88 bits per heavy atom. The lowest BCUT2D eigenvalue weighted by Crippen LogP contribution is -2.18. The Kier molecular flexibility index (Phi) is 7.90. The number of aromatic hydroxyl groups is 1. The number of amides is 1. The van der Waals surface area contributed by atoms with Gasteiger partial charge in [0.1, 0.15) is 5.75 Å². The van der Waals surface area contributed by atoms with Crippen molar-refractivity contribution < 1.29 is 9.90 Å². The number of nitrogens with one attached hydrogen (secondary N) is 1. The number of hydrazone groups is 1. The fourth-order valence-corrected chi connectivity index (χ4v) is 5.48. The number of phenols is 1. The summed E-state index contributed by atoms with van der Waals surface area (Å²) in [5, 5.41) is 14.0. The number of phenolic OH excluding ortho intramolecular Hbond substituents is 1. The summed E-state index contributed by atoms with van der Waals surface area (Å²) in [6, 6.07) is 7.17. The lowest BCUT2D eigenvalue weighted by molar-refractivity contribution is 0.0952. The average Bonchev–Trinajstić information content (AvgIpc) is 2.54. The lowest BCUT2D eigenvalue weighted by Gasteiger charge is -2.07. The van der Waals surface area contributed by atoms with Gasteiger partial charge in [0.15, 0.2) is 0 Å². The molecule has 0 saturated carbocycles. The number of carbonyl (C=O) groups is 1. The number of hydrogen-bond donors (Lipinski definition) is 2. The standard InChI is InChI=1S/C17H12Br2I2N2O2/c1-2-3-11-14(20)4-9(5-15(11)21)8-22-23-17(25)12-6-10(18)7-13(19)16(12)24/h2,4-8,24H,1,3H2,(H,23,25)/b22-8-. The van der Waals surface area contributed by atoms with Crippen LogP contribution in [0.1, 0.15) is 21.5 Å². The van der Waals surface area contributed by atoms with Gasteiger partial charge >= 0.3 is 0 Å². The van der Waals surface area contributed by atoms with Crippen LogP contribution >= 0.6 is 77.0 Å². The summed E-state index contributed by atoms with van der Waals surface area (Å²) in [6.07, 6.45) is 4.25. The minimum atomic E-state index is -0.497. The van der Waals surface area contributed by atoms with Crippen molar-refractivity contribution in [2.24, 2.45) is 5.10 Å². The molecule has 25 heavy (non-hydrogen) atoms. The average molecular weight is 690 g/mol. The van der Waals surface area contributed by atoms with Crippen molar-refractivity contribution in [1.29, 1.82) is 0 Å². The van der Waals surface area contributed by atoms with Crippen molar-refractivity contribution in [3.63, 3.8) is 0 Å². The molecule has 2 rings (SSSR count). The quantitative estimate of drug-likeness (QED) is 0.186. The molecule has 2 aromatic rings. The highest BCUT2D eigenvalue weighted by Gasteiger charge is 2.14. The van der Waals surface area contributed by atoms with Crippen molar-refractivity contribution in [2.45, 2.75) is 6.42 Å². The Bertz CT molecular complexity index is 847. The van der Waals surface area contributed by atoms with Crippen molar-refractivity contribution in [3.8, 4) is 5.75 Å². The van der Waals surface area contributed by atoms with Gasteiger partial charge < -0.3 is 5.11 Å².